The number of carbonyl (C=O) groups is 1. The number of ether oxygens (including phenoxy) is 1. The van der Waals surface area contributed by atoms with Crippen molar-refractivity contribution in [1.82, 2.24) is 0 Å². The number of allylic oxidation sites excluding steroid dienone is 2. The van der Waals surface area contributed by atoms with Crippen LogP contribution in [0.5, 0.6) is 0 Å². The van der Waals surface area contributed by atoms with Gasteiger partial charge in [0.05, 0.1) is 11.7 Å². The number of aliphatic hydroxyl groups is 1. The standard InChI is InChI=1S/C17H28O3/c1-4-5-6-11(2)7-9-14(18)13-8-10-15-16(13)12(3)17(19)20-15/h9,11-13,15-16,18H,4-8,10H2,1-3H3/t11?,12-,13+,15+,16+/m0/s1. The molecule has 1 saturated carbocycles. The van der Waals surface area contributed by atoms with Crippen molar-refractivity contribution in [3.05, 3.63) is 11.8 Å². The molecular weight excluding hydrogens is 252 g/mol. The first-order valence-corrected chi connectivity index (χ1v) is 8.14. The van der Waals surface area contributed by atoms with Crippen molar-refractivity contribution in [3.8, 4) is 0 Å². The molecule has 5 atom stereocenters. The summed E-state index contributed by atoms with van der Waals surface area (Å²) in [5.41, 5.74) is 0. The molecule has 0 radical (unpaired) electrons. The SMILES string of the molecule is CCCCC(C)CC=C(O)[C@H]1CC[C@H]2OC(=O)[C@@H](C)[C@H]12. The Kier molecular flexibility index (Phi) is 5.11. The van der Waals surface area contributed by atoms with Gasteiger partial charge in [0.1, 0.15) is 6.10 Å². The van der Waals surface area contributed by atoms with E-state index in [0.717, 1.165) is 19.3 Å². The number of fused-ring (bicyclic) bond motifs is 1. The molecule has 1 saturated heterocycles. The second-order valence-corrected chi connectivity index (χ2v) is 6.64. The number of aliphatic hydroxyl groups excluding tert-OH is 1. The Labute approximate surface area is 122 Å². The summed E-state index contributed by atoms with van der Waals surface area (Å²) in [6, 6.07) is 0. The normalized spacial score (nSPS) is 35.0. The van der Waals surface area contributed by atoms with Crippen LogP contribution in [0.1, 0.15) is 59.3 Å². The van der Waals surface area contributed by atoms with E-state index in [-0.39, 0.29) is 29.8 Å². The fourth-order valence-corrected chi connectivity index (χ4v) is 3.70. The minimum Gasteiger partial charge on any atom is -0.512 e. The van der Waals surface area contributed by atoms with Gasteiger partial charge in [-0.3, -0.25) is 4.79 Å². The molecule has 20 heavy (non-hydrogen) atoms. The van der Waals surface area contributed by atoms with Crippen molar-refractivity contribution in [2.45, 2.75) is 65.4 Å². The topological polar surface area (TPSA) is 46.5 Å². The summed E-state index contributed by atoms with van der Waals surface area (Å²) in [4.78, 5) is 11.6. The summed E-state index contributed by atoms with van der Waals surface area (Å²) < 4.78 is 5.38. The highest BCUT2D eigenvalue weighted by atomic mass is 16.6. The van der Waals surface area contributed by atoms with E-state index in [1.807, 2.05) is 13.0 Å². The maximum absolute atomic E-state index is 11.6. The maximum Gasteiger partial charge on any atom is 0.309 e. The Morgan fingerprint density at radius 1 is 1.50 bits per heavy atom. The van der Waals surface area contributed by atoms with Crippen LogP contribution >= 0.6 is 0 Å². The Balaban J connectivity index is 1.92. The average Bonchev–Trinajstić information content (AvgIpc) is 2.95. The predicted octanol–water partition coefficient (Wildman–Crippen LogP) is 4.23. The van der Waals surface area contributed by atoms with Gasteiger partial charge >= 0.3 is 5.97 Å². The Bertz CT molecular complexity index is 374. The van der Waals surface area contributed by atoms with Gasteiger partial charge in [0, 0.05) is 11.8 Å². The van der Waals surface area contributed by atoms with Crippen molar-refractivity contribution in [3.63, 3.8) is 0 Å². The first-order valence-electron chi connectivity index (χ1n) is 8.14. The maximum atomic E-state index is 11.6. The fourth-order valence-electron chi connectivity index (χ4n) is 3.70. The number of hydrogen-bond donors (Lipinski definition) is 1. The summed E-state index contributed by atoms with van der Waals surface area (Å²) in [6.07, 6.45) is 8.50. The van der Waals surface area contributed by atoms with E-state index in [1.165, 1.54) is 19.3 Å². The first-order chi connectivity index (χ1) is 9.54. The molecule has 1 aliphatic carbocycles. The van der Waals surface area contributed by atoms with Crippen LogP contribution in [0.4, 0.5) is 0 Å². The Hall–Kier alpha value is -0.990. The fraction of sp³-hybridized carbons (Fsp3) is 0.824. The summed E-state index contributed by atoms with van der Waals surface area (Å²) >= 11 is 0. The molecule has 3 nitrogen and oxygen atoms in total. The van der Waals surface area contributed by atoms with Gasteiger partial charge in [0.25, 0.3) is 0 Å². The van der Waals surface area contributed by atoms with E-state index in [1.54, 1.807) is 0 Å². The zero-order valence-electron chi connectivity index (χ0n) is 13.0. The lowest BCUT2D eigenvalue weighted by Crippen LogP contribution is -2.21. The van der Waals surface area contributed by atoms with Gasteiger partial charge in [-0.1, -0.05) is 40.0 Å². The molecule has 0 spiro atoms. The zero-order valence-corrected chi connectivity index (χ0v) is 13.0. The van der Waals surface area contributed by atoms with Gasteiger partial charge in [-0.25, -0.2) is 0 Å². The van der Waals surface area contributed by atoms with Gasteiger partial charge in [-0.15, -0.1) is 0 Å². The third-order valence-corrected chi connectivity index (χ3v) is 5.03. The highest BCUT2D eigenvalue weighted by Crippen LogP contribution is 2.46. The highest BCUT2D eigenvalue weighted by Gasteiger charge is 2.50. The predicted molar refractivity (Wildman–Crippen MR) is 79.3 cm³/mol. The minimum atomic E-state index is -0.0891. The van der Waals surface area contributed by atoms with Gasteiger partial charge in [0.2, 0.25) is 0 Å². The summed E-state index contributed by atoms with van der Waals surface area (Å²) in [7, 11) is 0. The van der Waals surface area contributed by atoms with Crippen LogP contribution < -0.4 is 0 Å². The molecule has 1 unspecified atom stereocenters. The van der Waals surface area contributed by atoms with Crippen molar-refractivity contribution in [2.24, 2.45) is 23.7 Å². The lowest BCUT2D eigenvalue weighted by molar-refractivity contribution is -0.144. The molecule has 0 bridgehead atoms. The van der Waals surface area contributed by atoms with Crippen LogP contribution in [-0.2, 0) is 9.53 Å². The molecule has 2 aliphatic rings. The van der Waals surface area contributed by atoms with E-state index in [0.29, 0.717) is 11.7 Å². The monoisotopic (exact) mass is 280 g/mol. The first kappa shape index (κ1) is 15.4. The molecule has 0 aromatic rings. The molecule has 0 aromatic heterocycles. The van der Waals surface area contributed by atoms with Crippen LogP contribution in [0.15, 0.2) is 11.8 Å². The molecule has 1 heterocycles. The van der Waals surface area contributed by atoms with Gasteiger partial charge in [-0.2, -0.15) is 0 Å². The molecule has 1 aliphatic heterocycles. The summed E-state index contributed by atoms with van der Waals surface area (Å²) in [5.74, 6) is 1.26. The number of unbranched alkanes of at least 4 members (excludes halogenated alkanes) is 1. The second-order valence-electron chi connectivity index (χ2n) is 6.64. The molecule has 2 fully saturated rings. The lowest BCUT2D eigenvalue weighted by Gasteiger charge is -2.19. The van der Waals surface area contributed by atoms with Crippen LogP contribution in [0.3, 0.4) is 0 Å². The van der Waals surface area contributed by atoms with E-state index in [2.05, 4.69) is 13.8 Å². The molecular formula is C17H28O3. The number of rotatable bonds is 6. The average molecular weight is 280 g/mol. The molecule has 0 amide bonds. The summed E-state index contributed by atoms with van der Waals surface area (Å²) in [6.45, 7) is 6.38. The van der Waals surface area contributed by atoms with E-state index < -0.39 is 0 Å². The van der Waals surface area contributed by atoms with Crippen molar-refractivity contribution in [2.75, 3.05) is 0 Å². The molecule has 114 valence electrons. The number of esters is 1. The van der Waals surface area contributed by atoms with E-state index in [9.17, 15) is 9.90 Å². The molecule has 2 rings (SSSR count). The van der Waals surface area contributed by atoms with Gasteiger partial charge in [-0.05, 0) is 31.3 Å². The smallest absolute Gasteiger partial charge is 0.309 e. The van der Waals surface area contributed by atoms with Crippen LogP contribution in [0, 0.1) is 23.7 Å². The second kappa shape index (κ2) is 6.64. The van der Waals surface area contributed by atoms with E-state index >= 15 is 0 Å². The van der Waals surface area contributed by atoms with Crippen molar-refractivity contribution in [1.29, 1.82) is 0 Å². The largest absolute Gasteiger partial charge is 0.512 e. The van der Waals surface area contributed by atoms with Crippen LogP contribution in [0.2, 0.25) is 0 Å². The summed E-state index contributed by atoms with van der Waals surface area (Å²) in [5, 5.41) is 10.4. The quantitative estimate of drug-likeness (QED) is 0.585. The molecule has 3 heteroatoms. The number of carbonyl (C=O) groups excluding carboxylic acids is 1. The van der Waals surface area contributed by atoms with Crippen LogP contribution in [-0.4, -0.2) is 17.2 Å². The Morgan fingerprint density at radius 3 is 2.95 bits per heavy atom. The van der Waals surface area contributed by atoms with Crippen molar-refractivity contribution < 1.29 is 14.6 Å². The van der Waals surface area contributed by atoms with Crippen LogP contribution in [0.25, 0.3) is 0 Å². The van der Waals surface area contributed by atoms with Gasteiger partial charge < -0.3 is 9.84 Å². The number of hydrogen-bond acceptors (Lipinski definition) is 3. The lowest BCUT2D eigenvalue weighted by atomic mass is 9.84. The van der Waals surface area contributed by atoms with E-state index in [4.69, 9.17) is 4.74 Å². The highest BCUT2D eigenvalue weighted by molar-refractivity contribution is 5.75. The molecule has 0 aromatic carbocycles. The van der Waals surface area contributed by atoms with Crippen molar-refractivity contribution >= 4 is 5.97 Å². The van der Waals surface area contributed by atoms with Gasteiger partial charge in [0.15, 0.2) is 0 Å². The third kappa shape index (κ3) is 3.18. The Morgan fingerprint density at radius 2 is 2.25 bits per heavy atom. The minimum absolute atomic E-state index is 0.0376. The zero-order chi connectivity index (χ0) is 14.7. The third-order valence-electron chi connectivity index (χ3n) is 5.03. The molecule has 1 N–H and O–H groups in total.